The summed E-state index contributed by atoms with van der Waals surface area (Å²) in [6.45, 7) is 12.7. The monoisotopic (exact) mass is 800 g/mol. The van der Waals surface area contributed by atoms with Gasteiger partial charge in [-0.05, 0) is 107 Å². The van der Waals surface area contributed by atoms with E-state index < -0.39 is 69.2 Å². The lowest BCUT2D eigenvalue weighted by Gasteiger charge is -2.67. The number of cyclic esters (lactones) is 2. The smallest absolute Gasteiger partial charge is 0.339 e. The molecule has 4 saturated carbocycles. The van der Waals surface area contributed by atoms with Gasteiger partial charge in [0.2, 0.25) is 0 Å². The van der Waals surface area contributed by atoms with E-state index in [1.165, 1.54) is 19.3 Å². The highest BCUT2D eigenvalue weighted by Gasteiger charge is 2.91. The zero-order chi connectivity index (χ0) is 40.2. The fraction of sp³-hybridized carbons (Fsp3) is 0.809. The zero-order valence-electron chi connectivity index (χ0n) is 35.1. The largest absolute Gasteiger partial charge is 0.469 e. The molecule has 1 aromatic heterocycles. The molecule has 7 heterocycles. The van der Waals surface area contributed by atoms with Gasteiger partial charge >= 0.3 is 11.9 Å². The Morgan fingerprint density at radius 2 is 1.83 bits per heavy atom. The van der Waals surface area contributed by atoms with Gasteiger partial charge in [0.05, 0.1) is 36.0 Å². The minimum atomic E-state index is -1.40. The van der Waals surface area contributed by atoms with Crippen LogP contribution in [-0.2, 0) is 39.8 Å². The number of Topliss-reactive ketones (excluding diaryl/α,β-unsaturated/α-hetero) is 1. The first-order valence-corrected chi connectivity index (χ1v) is 22.9. The van der Waals surface area contributed by atoms with Gasteiger partial charge in [-0.2, -0.15) is 0 Å². The number of ether oxygens (including phenoxy) is 4. The van der Waals surface area contributed by atoms with Crippen LogP contribution in [0.4, 0.5) is 0 Å². The summed E-state index contributed by atoms with van der Waals surface area (Å²) in [4.78, 5) is 46.1. The van der Waals surface area contributed by atoms with E-state index in [-0.39, 0.29) is 24.3 Å². The maximum atomic E-state index is 15.4. The maximum Gasteiger partial charge on any atom is 0.339 e. The summed E-state index contributed by atoms with van der Waals surface area (Å²) >= 11 is 0. The molecule has 15 unspecified atom stereocenters. The molecule has 0 radical (unpaired) electrons. The van der Waals surface area contributed by atoms with Crippen LogP contribution in [0.15, 0.2) is 29.0 Å². The van der Waals surface area contributed by atoms with Crippen LogP contribution < -0.4 is 5.32 Å². The summed E-state index contributed by atoms with van der Waals surface area (Å²) in [5, 5.41) is 16.3. The first-order chi connectivity index (χ1) is 27.7. The number of fused-ring (bicyclic) bond motifs is 5. The minimum absolute atomic E-state index is 0.0739. The fourth-order valence-corrected chi connectivity index (χ4v) is 16.2. The zero-order valence-corrected chi connectivity index (χ0v) is 35.1. The van der Waals surface area contributed by atoms with Crippen molar-refractivity contribution in [2.75, 3.05) is 19.8 Å². The average molecular weight is 801 g/mol. The standard InChI is InChI=1S/C47H64N2O9/c1-26(2)12-19-43(4)35-34(50)36(51)44(5)33(46(35)24-55-41(53)45(40(46)58-43)16-6-7-17-45)13-18-42(3)37(56-39(52)38-47(42,44)57-38)30-15-21-54-32(30)11-9-27-8-10-29-28(22-27)14-20-49-25-48-23-31(29)49/h14-15,20-21,26-29,31,33,35-38,40,48,51H,6-13,16-19,22-25H2,1-5H3. The molecule has 2 N–H and O–H groups in total. The lowest BCUT2D eigenvalue weighted by Crippen LogP contribution is -2.77. The quantitative estimate of drug-likeness (QED) is 0.233. The summed E-state index contributed by atoms with van der Waals surface area (Å²) in [5.41, 5.74) is -4.81. The predicted octanol–water partition coefficient (Wildman–Crippen LogP) is 6.42. The highest BCUT2D eigenvalue weighted by atomic mass is 16.7. The second-order valence-electron chi connectivity index (χ2n) is 21.8. The molecule has 11 heteroatoms. The van der Waals surface area contributed by atoms with Crippen LogP contribution in [0.5, 0.6) is 0 Å². The number of nitrogens with one attached hydrogen (secondary N) is 1. The van der Waals surface area contributed by atoms with E-state index in [1.807, 2.05) is 13.0 Å². The Kier molecular flexibility index (Phi) is 8.34. The number of ketones is 1. The number of aryl methyl sites for hydroxylation is 1. The van der Waals surface area contributed by atoms with Gasteiger partial charge in [0, 0.05) is 40.8 Å². The van der Waals surface area contributed by atoms with E-state index >= 15 is 4.79 Å². The van der Waals surface area contributed by atoms with Gasteiger partial charge in [-0.3, -0.25) is 14.9 Å². The molecule has 5 saturated heterocycles. The second kappa shape index (κ2) is 12.7. The Labute approximate surface area is 342 Å². The second-order valence-corrected chi connectivity index (χ2v) is 21.8. The normalized spacial score (nSPS) is 49.4. The molecule has 0 bridgehead atoms. The van der Waals surface area contributed by atoms with Gasteiger partial charge in [-0.15, -0.1) is 0 Å². The van der Waals surface area contributed by atoms with Crippen molar-refractivity contribution in [3.63, 3.8) is 0 Å². The topological polar surface area (TPSA) is 140 Å². The molecule has 316 valence electrons. The first-order valence-electron chi connectivity index (χ1n) is 22.9. The summed E-state index contributed by atoms with van der Waals surface area (Å²) in [7, 11) is 0. The van der Waals surface area contributed by atoms with Crippen molar-refractivity contribution in [1.82, 2.24) is 10.2 Å². The molecule has 3 spiro atoms. The Balaban J connectivity index is 0.931. The highest BCUT2D eigenvalue weighted by molar-refractivity contribution is 5.92. The number of carbonyl (C=O) groups excluding carboxylic acids is 3. The lowest BCUT2D eigenvalue weighted by atomic mass is 9.35. The third-order valence-corrected chi connectivity index (χ3v) is 18.8. The third kappa shape index (κ3) is 4.63. The van der Waals surface area contributed by atoms with E-state index in [9.17, 15) is 14.7 Å². The number of epoxide rings is 1. The number of esters is 2. The van der Waals surface area contributed by atoms with E-state index in [2.05, 4.69) is 50.2 Å². The van der Waals surface area contributed by atoms with Crippen LogP contribution in [0.25, 0.3) is 0 Å². The number of hydrogen-bond donors (Lipinski definition) is 2. The SMILES string of the molecule is CC(C)CCC1(C)OC2C3(CCCC3)C(=O)OCC23C1C(=O)C(O)C1(C)C3CCC2(C)C(c3ccoc3CCC3CCC4C(C=CN5CNCC45)C3)OC(=O)C3OC321. The summed E-state index contributed by atoms with van der Waals surface area (Å²) in [6, 6.07) is 2.57. The average Bonchev–Trinajstić information content (AvgIpc) is 3.64. The molecule has 0 amide bonds. The number of allylic oxidation sites excluding steroid dienone is 1. The number of rotatable bonds is 7. The van der Waals surface area contributed by atoms with Crippen molar-refractivity contribution in [1.29, 1.82) is 0 Å². The van der Waals surface area contributed by atoms with Gasteiger partial charge in [0.15, 0.2) is 11.9 Å². The molecule has 58 heavy (non-hydrogen) atoms. The van der Waals surface area contributed by atoms with Crippen LogP contribution in [0.1, 0.15) is 129 Å². The van der Waals surface area contributed by atoms with Crippen LogP contribution >= 0.6 is 0 Å². The van der Waals surface area contributed by atoms with Gasteiger partial charge in [0.25, 0.3) is 0 Å². The fourth-order valence-electron chi connectivity index (χ4n) is 16.2. The number of hydrogen-bond acceptors (Lipinski definition) is 11. The van der Waals surface area contributed by atoms with E-state index in [1.54, 1.807) is 6.26 Å². The van der Waals surface area contributed by atoms with Crippen molar-refractivity contribution in [3.05, 3.63) is 35.9 Å². The molecule has 6 aliphatic heterocycles. The number of furan rings is 1. The Morgan fingerprint density at radius 3 is 2.62 bits per heavy atom. The number of nitrogens with zero attached hydrogens (tertiary/aromatic N) is 1. The van der Waals surface area contributed by atoms with Gasteiger partial charge < -0.3 is 33.4 Å². The summed E-state index contributed by atoms with van der Waals surface area (Å²) in [6.07, 6.45) is 14.3. The molecular formula is C47H64N2O9. The summed E-state index contributed by atoms with van der Waals surface area (Å²) < 4.78 is 33.2. The molecule has 11 rings (SSSR count). The number of aliphatic hydroxyl groups is 1. The molecule has 9 fully saturated rings. The first kappa shape index (κ1) is 38.2. The van der Waals surface area contributed by atoms with Crippen molar-refractivity contribution >= 4 is 17.7 Å². The summed E-state index contributed by atoms with van der Waals surface area (Å²) in [5.74, 6) is 1.26. The van der Waals surface area contributed by atoms with E-state index in [0.717, 1.165) is 56.6 Å². The van der Waals surface area contributed by atoms with Gasteiger partial charge in [-0.25, -0.2) is 4.79 Å². The molecule has 1 aromatic rings. The van der Waals surface area contributed by atoms with Gasteiger partial charge in [-0.1, -0.05) is 53.0 Å². The Bertz CT molecular complexity index is 1920. The van der Waals surface area contributed by atoms with Crippen molar-refractivity contribution in [2.45, 2.75) is 160 Å². The van der Waals surface area contributed by atoms with Crippen LogP contribution in [0.3, 0.4) is 0 Å². The molecule has 4 aliphatic carbocycles. The minimum Gasteiger partial charge on any atom is -0.469 e. The maximum absolute atomic E-state index is 15.4. The van der Waals surface area contributed by atoms with Crippen LogP contribution in [-0.4, -0.2) is 83.1 Å². The lowest BCUT2D eigenvalue weighted by molar-refractivity contribution is -0.264. The van der Waals surface area contributed by atoms with Crippen molar-refractivity contribution < 1.29 is 42.9 Å². The molecule has 10 aliphatic rings. The molecule has 0 aromatic carbocycles. The van der Waals surface area contributed by atoms with Crippen molar-refractivity contribution in [3.8, 4) is 0 Å². The van der Waals surface area contributed by atoms with Crippen molar-refractivity contribution in [2.24, 2.45) is 57.2 Å². The molecule has 15 atom stereocenters. The number of carbonyl (C=O) groups is 3. The third-order valence-electron chi connectivity index (χ3n) is 18.8. The Morgan fingerprint density at radius 1 is 1.02 bits per heavy atom. The van der Waals surface area contributed by atoms with E-state index in [0.29, 0.717) is 61.8 Å². The van der Waals surface area contributed by atoms with Gasteiger partial charge in [0.1, 0.15) is 30.2 Å². The van der Waals surface area contributed by atoms with Crippen LogP contribution in [0, 0.1) is 57.2 Å². The Hall–Kier alpha value is -2.73. The number of aliphatic hydroxyl groups excluding tert-OH is 1. The predicted molar refractivity (Wildman–Crippen MR) is 211 cm³/mol. The molecular weight excluding hydrogens is 737 g/mol. The van der Waals surface area contributed by atoms with E-state index in [4.69, 9.17) is 23.4 Å². The molecule has 11 nitrogen and oxygen atoms in total. The van der Waals surface area contributed by atoms with Crippen LogP contribution in [0.2, 0.25) is 0 Å². The highest BCUT2D eigenvalue weighted by Crippen LogP contribution is 2.81.